The molecule has 0 nitrogen and oxygen atoms in total. The third kappa shape index (κ3) is 2.40. The summed E-state index contributed by atoms with van der Waals surface area (Å²) in [5.41, 5.74) is 1.03. The number of fused-ring (bicyclic) bond motifs is 1. The van der Waals surface area contributed by atoms with Crippen molar-refractivity contribution in [3.8, 4) is 0 Å². The molecule has 2 aromatic rings. The number of thiophene rings is 2. The Labute approximate surface area is 99.7 Å². The lowest BCUT2D eigenvalue weighted by Crippen LogP contribution is -2.08. The normalized spacial score (nSPS) is 12.6. The first-order valence-corrected chi connectivity index (χ1v) is 6.55. The van der Waals surface area contributed by atoms with E-state index in [2.05, 4.69) is 6.07 Å². The Bertz CT molecular complexity index is 505. The number of aryl methyl sites for hydroxylation is 3. The Morgan fingerprint density at radius 3 is 2.44 bits per heavy atom. The van der Waals surface area contributed by atoms with E-state index in [1.807, 2.05) is 13.8 Å². The molecule has 0 fully saturated rings. The first kappa shape index (κ1) is 11.9. The number of halogens is 3. The van der Waals surface area contributed by atoms with Gasteiger partial charge in [-0.1, -0.05) is 0 Å². The van der Waals surface area contributed by atoms with Crippen LogP contribution in [-0.2, 0) is 6.42 Å². The third-order valence-corrected chi connectivity index (χ3v) is 5.05. The van der Waals surface area contributed by atoms with Crippen LogP contribution >= 0.6 is 22.7 Å². The molecule has 0 unspecified atom stereocenters. The minimum atomic E-state index is -4.06. The highest BCUT2D eigenvalue weighted by molar-refractivity contribution is 7.28. The van der Waals surface area contributed by atoms with Gasteiger partial charge < -0.3 is 0 Å². The van der Waals surface area contributed by atoms with Crippen molar-refractivity contribution in [1.82, 2.24) is 0 Å². The lowest BCUT2D eigenvalue weighted by Gasteiger charge is -2.04. The molecule has 0 aliphatic heterocycles. The minimum Gasteiger partial charge on any atom is -0.171 e. The fourth-order valence-electron chi connectivity index (χ4n) is 1.66. The van der Waals surface area contributed by atoms with E-state index >= 15 is 0 Å². The molecule has 0 atom stereocenters. The molecule has 0 spiro atoms. The maximum Gasteiger partial charge on any atom is 0.389 e. The molecule has 2 aromatic heterocycles. The van der Waals surface area contributed by atoms with Crippen LogP contribution in [0, 0.1) is 13.8 Å². The summed E-state index contributed by atoms with van der Waals surface area (Å²) in [4.78, 5) is 2.09. The van der Waals surface area contributed by atoms with Crippen molar-refractivity contribution in [2.75, 3.05) is 0 Å². The van der Waals surface area contributed by atoms with Crippen LogP contribution in [0.1, 0.15) is 21.7 Å². The van der Waals surface area contributed by atoms with Crippen molar-refractivity contribution in [2.24, 2.45) is 0 Å². The van der Waals surface area contributed by atoms with Gasteiger partial charge in [-0.15, -0.1) is 22.7 Å². The van der Waals surface area contributed by atoms with Gasteiger partial charge in [-0.3, -0.25) is 0 Å². The summed E-state index contributed by atoms with van der Waals surface area (Å²) >= 11 is 3.16. The average molecular weight is 264 g/mol. The smallest absolute Gasteiger partial charge is 0.171 e. The predicted octanol–water partition coefficient (Wildman–Crippen LogP) is 5.07. The van der Waals surface area contributed by atoms with Crippen LogP contribution in [0.15, 0.2) is 6.07 Å². The molecule has 2 heterocycles. The molecule has 0 aliphatic carbocycles. The second-order valence-electron chi connectivity index (χ2n) is 3.82. The molecule has 0 saturated heterocycles. The molecule has 0 aromatic carbocycles. The Morgan fingerprint density at radius 2 is 1.88 bits per heavy atom. The SMILES string of the molecule is Cc1cc2sc(CCC(F)(F)F)c(C)c2s1. The monoisotopic (exact) mass is 264 g/mol. The van der Waals surface area contributed by atoms with Crippen molar-refractivity contribution in [2.45, 2.75) is 32.9 Å². The molecule has 0 radical (unpaired) electrons. The molecular weight excluding hydrogens is 253 g/mol. The van der Waals surface area contributed by atoms with Gasteiger partial charge in [-0.25, -0.2) is 0 Å². The largest absolute Gasteiger partial charge is 0.389 e. The summed E-state index contributed by atoms with van der Waals surface area (Å²) in [6.07, 6.45) is -4.67. The van der Waals surface area contributed by atoms with Gasteiger partial charge in [-0.05, 0) is 31.9 Å². The molecule has 88 valence electrons. The molecule has 0 N–H and O–H groups in total. The summed E-state index contributed by atoms with van der Waals surface area (Å²) in [6.45, 7) is 3.94. The summed E-state index contributed by atoms with van der Waals surface area (Å²) in [7, 11) is 0. The van der Waals surface area contributed by atoms with Gasteiger partial charge in [0.2, 0.25) is 0 Å². The maximum atomic E-state index is 12.1. The third-order valence-electron chi connectivity index (χ3n) is 2.45. The van der Waals surface area contributed by atoms with Crippen molar-refractivity contribution in [3.05, 3.63) is 21.4 Å². The van der Waals surface area contributed by atoms with Crippen LogP contribution in [0.3, 0.4) is 0 Å². The lowest BCUT2D eigenvalue weighted by atomic mass is 10.2. The second-order valence-corrected chi connectivity index (χ2v) is 6.21. The van der Waals surface area contributed by atoms with Gasteiger partial charge in [0.15, 0.2) is 0 Å². The van der Waals surface area contributed by atoms with Gasteiger partial charge in [0.25, 0.3) is 0 Å². The van der Waals surface area contributed by atoms with Crippen molar-refractivity contribution in [3.63, 3.8) is 0 Å². The van der Waals surface area contributed by atoms with Crippen LogP contribution in [0.4, 0.5) is 13.2 Å². The van der Waals surface area contributed by atoms with E-state index in [0.29, 0.717) is 0 Å². The highest BCUT2D eigenvalue weighted by Crippen LogP contribution is 2.38. The van der Waals surface area contributed by atoms with Gasteiger partial charge in [0.1, 0.15) is 0 Å². The highest BCUT2D eigenvalue weighted by Gasteiger charge is 2.27. The van der Waals surface area contributed by atoms with E-state index in [1.54, 1.807) is 11.3 Å². The fraction of sp³-hybridized carbons (Fsp3) is 0.455. The molecule has 0 amide bonds. The molecular formula is C11H11F3S2. The summed E-state index contributed by atoms with van der Waals surface area (Å²) in [5.74, 6) is 0. The predicted molar refractivity (Wildman–Crippen MR) is 63.6 cm³/mol. The Hall–Kier alpha value is -0.550. The van der Waals surface area contributed by atoms with Gasteiger partial charge >= 0.3 is 6.18 Å². The van der Waals surface area contributed by atoms with Crippen LogP contribution in [0.2, 0.25) is 0 Å². The van der Waals surface area contributed by atoms with Crippen LogP contribution in [0.25, 0.3) is 9.40 Å². The minimum absolute atomic E-state index is 0.112. The molecule has 2 rings (SSSR count). The molecule has 16 heavy (non-hydrogen) atoms. The van der Waals surface area contributed by atoms with E-state index in [-0.39, 0.29) is 6.42 Å². The van der Waals surface area contributed by atoms with Gasteiger partial charge in [0, 0.05) is 25.6 Å². The standard InChI is InChI=1S/C11H11F3S2/c1-6-5-9-10(15-6)7(2)8(16-9)3-4-11(12,13)14/h5H,3-4H2,1-2H3. The number of hydrogen-bond acceptors (Lipinski definition) is 2. The van der Waals surface area contributed by atoms with E-state index in [4.69, 9.17) is 0 Å². The topological polar surface area (TPSA) is 0 Å². The Kier molecular flexibility index (Phi) is 3.01. The van der Waals surface area contributed by atoms with Gasteiger partial charge in [0.05, 0.1) is 0 Å². The van der Waals surface area contributed by atoms with Gasteiger partial charge in [-0.2, -0.15) is 13.2 Å². The Balaban J connectivity index is 2.25. The fourth-order valence-corrected chi connectivity index (χ4v) is 4.19. The zero-order valence-corrected chi connectivity index (χ0v) is 10.6. The number of rotatable bonds is 2. The maximum absolute atomic E-state index is 12.1. The van der Waals surface area contributed by atoms with E-state index in [9.17, 15) is 13.2 Å². The number of alkyl halides is 3. The average Bonchev–Trinajstić information content (AvgIpc) is 2.62. The summed E-state index contributed by atoms with van der Waals surface area (Å²) < 4.78 is 38.7. The van der Waals surface area contributed by atoms with E-state index in [1.165, 1.54) is 16.2 Å². The first-order chi connectivity index (χ1) is 7.37. The summed E-state index contributed by atoms with van der Waals surface area (Å²) in [6, 6.07) is 2.05. The van der Waals surface area contributed by atoms with Crippen LogP contribution in [-0.4, -0.2) is 6.18 Å². The zero-order valence-electron chi connectivity index (χ0n) is 8.94. The molecule has 0 aliphatic rings. The van der Waals surface area contributed by atoms with Crippen molar-refractivity contribution >= 4 is 32.1 Å². The van der Waals surface area contributed by atoms with E-state index in [0.717, 1.165) is 19.8 Å². The van der Waals surface area contributed by atoms with Crippen LogP contribution in [0.5, 0.6) is 0 Å². The van der Waals surface area contributed by atoms with Crippen LogP contribution < -0.4 is 0 Å². The van der Waals surface area contributed by atoms with Crippen molar-refractivity contribution in [1.29, 1.82) is 0 Å². The zero-order chi connectivity index (χ0) is 11.9. The summed E-state index contributed by atoms with van der Waals surface area (Å²) in [5, 5.41) is 0. The second kappa shape index (κ2) is 4.04. The van der Waals surface area contributed by atoms with Crippen molar-refractivity contribution < 1.29 is 13.2 Å². The number of hydrogen-bond donors (Lipinski definition) is 0. The quantitative estimate of drug-likeness (QED) is 0.710. The van der Waals surface area contributed by atoms with E-state index < -0.39 is 12.6 Å². The molecule has 0 saturated carbocycles. The molecule has 0 bridgehead atoms. The lowest BCUT2D eigenvalue weighted by molar-refractivity contribution is -0.133. The first-order valence-electron chi connectivity index (χ1n) is 4.92. The highest BCUT2D eigenvalue weighted by atomic mass is 32.1. The Morgan fingerprint density at radius 1 is 1.19 bits per heavy atom. The molecule has 5 heteroatoms.